The zero-order chi connectivity index (χ0) is 18.7. The summed E-state index contributed by atoms with van der Waals surface area (Å²) in [6, 6.07) is 9.26. The van der Waals surface area contributed by atoms with Gasteiger partial charge in [0.05, 0.1) is 25.4 Å². The van der Waals surface area contributed by atoms with E-state index in [-0.39, 0.29) is 19.1 Å². The zero-order valence-electron chi connectivity index (χ0n) is 15.5. The van der Waals surface area contributed by atoms with Crippen LogP contribution in [0, 0.1) is 0 Å². The van der Waals surface area contributed by atoms with Crippen LogP contribution in [-0.2, 0) is 4.74 Å². The normalized spacial score (nSPS) is 24.1. The summed E-state index contributed by atoms with van der Waals surface area (Å²) in [6.45, 7) is 4.02. The minimum atomic E-state index is -1.03. The highest BCUT2D eigenvalue weighted by atomic mass is 16.5. The summed E-state index contributed by atoms with van der Waals surface area (Å²) in [5.74, 6) is -0.0886. The first kappa shape index (κ1) is 18.2. The first-order valence-electron chi connectivity index (χ1n) is 9.55. The van der Waals surface area contributed by atoms with E-state index in [4.69, 9.17) is 4.74 Å². The van der Waals surface area contributed by atoms with Gasteiger partial charge in [-0.15, -0.1) is 0 Å². The van der Waals surface area contributed by atoms with Crippen molar-refractivity contribution in [1.82, 2.24) is 19.6 Å². The van der Waals surface area contributed by atoms with Gasteiger partial charge in [0, 0.05) is 31.0 Å². The maximum absolute atomic E-state index is 13.1. The molecular weight excluding hydrogens is 344 g/mol. The Morgan fingerprint density at radius 2 is 2.07 bits per heavy atom. The molecule has 0 unspecified atom stereocenters. The molecule has 2 aromatic rings. The Kier molecular flexibility index (Phi) is 5.24. The molecule has 0 bridgehead atoms. The van der Waals surface area contributed by atoms with Crippen molar-refractivity contribution >= 4 is 5.91 Å². The monoisotopic (exact) mass is 370 g/mol. The molecule has 2 aliphatic rings. The van der Waals surface area contributed by atoms with Crippen LogP contribution in [0.4, 0.5) is 0 Å². The van der Waals surface area contributed by atoms with Gasteiger partial charge in [0.25, 0.3) is 5.91 Å². The Morgan fingerprint density at radius 3 is 2.85 bits per heavy atom. The standard InChI is InChI=1S/C20H26N4O3/c25-19(17-5-3-6-18(13-17)24-10-4-7-21-24)23-11-12-27-16-20(26,15-23)14-22-8-1-2-9-22/h3-7,10,13,26H,1-2,8-9,11-12,14-16H2/t20-/m1/s1. The Labute approximate surface area is 159 Å². The molecule has 7 heteroatoms. The molecule has 1 atom stereocenters. The van der Waals surface area contributed by atoms with E-state index in [0.29, 0.717) is 25.3 Å². The summed E-state index contributed by atoms with van der Waals surface area (Å²) in [4.78, 5) is 17.1. The van der Waals surface area contributed by atoms with Gasteiger partial charge in [-0.25, -0.2) is 4.68 Å². The summed E-state index contributed by atoms with van der Waals surface area (Å²) in [6.07, 6.45) is 5.89. The molecule has 3 heterocycles. The number of nitrogens with zero attached hydrogens (tertiary/aromatic N) is 4. The Hall–Kier alpha value is -2.22. The molecule has 0 spiro atoms. The van der Waals surface area contributed by atoms with Gasteiger partial charge in [-0.2, -0.15) is 5.10 Å². The Morgan fingerprint density at radius 1 is 1.22 bits per heavy atom. The highest BCUT2D eigenvalue weighted by molar-refractivity contribution is 5.94. The van der Waals surface area contributed by atoms with Crippen molar-refractivity contribution in [2.24, 2.45) is 0 Å². The highest BCUT2D eigenvalue weighted by Crippen LogP contribution is 2.20. The molecule has 0 aliphatic carbocycles. The quantitative estimate of drug-likeness (QED) is 0.875. The summed E-state index contributed by atoms with van der Waals surface area (Å²) in [5, 5.41) is 15.3. The lowest BCUT2D eigenvalue weighted by atomic mass is 10.0. The number of carbonyl (C=O) groups excluding carboxylic acids is 1. The third-order valence-electron chi connectivity index (χ3n) is 5.23. The second-order valence-corrected chi connectivity index (χ2v) is 7.49. The Balaban J connectivity index is 1.51. The largest absolute Gasteiger partial charge is 0.384 e. The van der Waals surface area contributed by atoms with Gasteiger partial charge < -0.3 is 19.6 Å². The summed E-state index contributed by atoms with van der Waals surface area (Å²) in [7, 11) is 0. The number of rotatable bonds is 4. The molecule has 1 aromatic heterocycles. The second kappa shape index (κ2) is 7.80. The summed E-state index contributed by atoms with van der Waals surface area (Å²) in [5.41, 5.74) is 0.397. The van der Waals surface area contributed by atoms with Gasteiger partial charge in [-0.3, -0.25) is 4.79 Å². The highest BCUT2D eigenvalue weighted by Gasteiger charge is 2.36. The molecular formula is C20H26N4O3. The van der Waals surface area contributed by atoms with Crippen molar-refractivity contribution in [3.05, 3.63) is 48.3 Å². The van der Waals surface area contributed by atoms with Crippen molar-refractivity contribution in [2.45, 2.75) is 18.4 Å². The number of hydrogen-bond acceptors (Lipinski definition) is 5. The topological polar surface area (TPSA) is 70.8 Å². The van der Waals surface area contributed by atoms with Crippen molar-refractivity contribution in [1.29, 1.82) is 0 Å². The molecule has 144 valence electrons. The summed E-state index contributed by atoms with van der Waals surface area (Å²) < 4.78 is 7.36. The van der Waals surface area contributed by atoms with Crippen LogP contribution in [0.15, 0.2) is 42.7 Å². The van der Waals surface area contributed by atoms with Gasteiger partial charge in [-0.1, -0.05) is 6.07 Å². The van der Waals surface area contributed by atoms with E-state index in [1.54, 1.807) is 21.8 Å². The molecule has 1 N–H and O–H groups in total. The molecule has 4 rings (SSSR count). The van der Waals surface area contributed by atoms with Crippen LogP contribution in [-0.4, -0.2) is 82.1 Å². The van der Waals surface area contributed by atoms with Crippen LogP contribution in [0.3, 0.4) is 0 Å². The fourth-order valence-electron chi connectivity index (χ4n) is 3.93. The maximum atomic E-state index is 13.1. The molecule has 2 aliphatic heterocycles. The van der Waals surface area contributed by atoms with Crippen LogP contribution in [0.25, 0.3) is 5.69 Å². The van der Waals surface area contributed by atoms with Gasteiger partial charge in [-0.05, 0) is 50.2 Å². The average Bonchev–Trinajstić information content (AvgIpc) is 3.35. The lowest BCUT2D eigenvalue weighted by Crippen LogP contribution is -2.53. The van der Waals surface area contributed by atoms with Crippen molar-refractivity contribution in [3.63, 3.8) is 0 Å². The molecule has 2 saturated heterocycles. The molecule has 1 amide bonds. The number of likely N-dealkylation sites (tertiary alicyclic amines) is 1. The fraction of sp³-hybridized carbons (Fsp3) is 0.500. The van der Waals surface area contributed by atoms with Crippen LogP contribution >= 0.6 is 0 Å². The molecule has 7 nitrogen and oxygen atoms in total. The van der Waals surface area contributed by atoms with Crippen molar-refractivity contribution < 1.29 is 14.6 Å². The second-order valence-electron chi connectivity index (χ2n) is 7.49. The van der Waals surface area contributed by atoms with E-state index in [0.717, 1.165) is 18.8 Å². The van der Waals surface area contributed by atoms with E-state index < -0.39 is 5.60 Å². The van der Waals surface area contributed by atoms with Gasteiger partial charge in [0.15, 0.2) is 0 Å². The van der Waals surface area contributed by atoms with E-state index >= 15 is 0 Å². The minimum Gasteiger partial charge on any atom is -0.384 e. The van der Waals surface area contributed by atoms with Crippen LogP contribution in [0.1, 0.15) is 23.2 Å². The van der Waals surface area contributed by atoms with Gasteiger partial charge in [0.2, 0.25) is 0 Å². The number of benzene rings is 1. The number of ether oxygens (including phenoxy) is 1. The minimum absolute atomic E-state index is 0.0886. The van der Waals surface area contributed by atoms with E-state index in [9.17, 15) is 9.90 Å². The van der Waals surface area contributed by atoms with E-state index in [1.165, 1.54) is 12.8 Å². The molecule has 1 aromatic carbocycles. The van der Waals surface area contributed by atoms with E-state index in [1.807, 2.05) is 30.5 Å². The first-order chi connectivity index (χ1) is 13.1. The molecule has 0 saturated carbocycles. The number of aliphatic hydroxyl groups is 1. The van der Waals surface area contributed by atoms with Gasteiger partial charge >= 0.3 is 0 Å². The number of amides is 1. The van der Waals surface area contributed by atoms with Crippen LogP contribution < -0.4 is 0 Å². The molecule has 27 heavy (non-hydrogen) atoms. The smallest absolute Gasteiger partial charge is 0.254 e. The Bertz CT molecular complexity index is 773. The van der Waals surface area contributed by atoms with Crippen LogP contribution in [0.5, 0.6) is 0 Å². The lowest BCUT2D eigenvalue weighted by molar-refractivity contribution is -0.0524. The third kappa shape index (κ3) is 4.21. The number of carbonyl (C=O) groups is 1. The van der Waals surface area contributed by atoms with Crippen molar-refractivity contribution in [2.75, 3.05) is 45.9 Å². The summed E-state index contributed by atoms with van der Waals surface area (Å²) >= 11 is 0. The van der Waals surface area contributed by atoms with Gasteiger partial charge in [0.1, 0.15) is 5.60 Å². The fourth-order valence-corrected chi connectivity index (χ4v) is 3.93. The average molecular weight is 370 g/mol. The van der Waals surface area contributed by atoms with E-state index in [2.05, 4.69) is 10.00 Å². The third-order valence-corrected chi connectivity index (χ3v) is 5.23. The number of hydrogen-bond donors (Lipinski definition) is 1. The predicted octanol–water partition coefficient (Wildman–Crippen LogP) is 1.17. The molecule has 2 fully saturated rings. The lowest BCUT2D eigenvalue weighted by Gasteiger charge is -2.34. The first-order valence-corrected chi connectivity index (χ1v) is 9.55. The SMILES string of the molecule is O=C(c1cccc(-n2cccn2)c1)N1CCOC[C@@](O)(CN2CCCC2)C1. The van der Waals surface area contributed by atoms with Crippen molar-refractivity contribution in [3.8, 4) is 5.69 Å². The predicted molar refractivity (Wildman–Crippen MR) is 101 cm³/mol. The number of aromatic nitrogens is 2. The van der Waals surface area contributed by atoms with Crippen LogP contribution in [0.2, 0.25) is 0 Å². The zero-order valence-corrected chi connectivity index (χ0v) is 15.5. The number of β-amino-alcohol motifs (C(OH)–C–C–N with tert-alkyl or cyclic N) is 1. The molecule has 0 radical (unpaired) electrons. The maximum Gasteiger partial charge on any atom is 0.254 e.